The molecule has 0 saturated heterocycles. The lowest BCUT2D eigenvalue weighted by Gasteiger charge is -2.14. The standard InChI is InChI=1S/C19H34NO3P/c21-24(22,23)19-15-10-8-6-4-2-1-3-5-7-9-12-16-20-17-13-11-14-18-20/h11,13-14,17-18H,1-10,12,15-16,19H2,(H-,21,22,23)/p+1. The van der Waals surface area contributed by atoms with Crippen LogP contribution in [0, 0.1) is 0 Å². The molecule has 0 unspecified atom stereocenters. The molecule has 0 aliphatic rings. The minimum absolute atomic E-state index is 0.0514. The molecule has 0 atom stereocenters. The summed E-state index contributed by atoms with van der Waals surface area (Å²) in [4.78, 5) is 28.2. The van der Waals surface area contributed by atoms with E-state index >= 15 is 0 Å². The Bertz CT molecular complexity index is 395. The van der Waals surface area contributed by atoms with E-state index in [2.05, 4.69) is 35.2 Å². The minimum Gasteiger partial charge on any atom is -0.632 e. The van der Waals surface area contributed by atoms with Gasteiger partial charge >= 0.3 is 0 Å². The van der Waals surface area contributed by atoms with E-state index < -0.39 is 7.94 Å². The Balaban J connectivity index is 1.75. The Hall–Kier alpha value is -0.540. The van der Waals surface area contributed by atoms with E-state index in [1.54, 1.807) is 0 Å². The van der Waals surface area contributed by atoms with Gasteiger partial charge in [-0.05, 0) is 19.3 Å². The van der Waals surface area contributed by atoms with Crippen LogP contribution in [0.1, 0.15) is 77.0 Å². The number of rotatable bonds is 15. The van der Waals surface area contributed by atoms with Crippen molar-refractivity contribution in [1.29, 1.82) is 0 Å². The quantitative estimate of drug-likeness (QED) is 0.286. The molecule has 0 spiro atoms. The van der Waals surface area contributed by atoms with Gasteiger partial charge in [-0.25, -0.2) is 14.4 Å². The van der Waals surface area contributed by atoms with Crippen molar-refractivity contribution in [1.82, 2.24) is 0 Å². The average Bonchev–Trinajstić information content (AvgIpc) is 2.55. The summed E-state index contributed by atoms with van der Waals surface area (Å²) in [5, 5.41) is 0. The van der Waals surface area contributed by atoms with Crippen LogP contribution in [0.25, 0.3) is 0 Å². The number of hydrogen-bond acceptors (Lipinski definition) is 3. The molecule has 5 heteroatoms. The third-order valence-corrected chi connectivity index (χ3v) is 5.29. The van der Waals surface area contributed by atoms with Gasteiger partial charge in [-0.1, -0.05) is 57.4 Å². The first kappa shape index (κ1) is 21.5. The molecule has 1 heterocycles. The van der Waals surface area contributed by atoms with E-state index in [0.29, 0.717) is 6.42 Å². The van der Waals surface area contributed by atoms with Crippen molar-refractivity contribution in [3.63, 3.8) is 0 Å². The Morgan fingerprint density at radius 3 is 1.50 bits per heavy atom. The van der Waals surface area contributed by atoms with Gasteiger partial charge in [0, 0.05) is 18.6 Å². The summed E-state index contributed by atoms with van der Waals surface area (Å²) < 4.78 is 2.25. The summed E-state index contributed by atoms with van der Waals surface area (Å²) in [5.74, 6) is 0. The van der Waals surface area contributed by atoms with Gasteiger partial charge in [-0.3, -0.25) is 0 Å². The molecule has 4 nitrogen and oxygen atoms in total. The van der Waals surface area contributed by atoms with Gasteiger partial charge in [0.15, 0.2) is 12.4 Å². The van der Waals surface area contributed by atoms with Crippen molar-refractivity contribution in [3.8, 4) is 0 Å². The molecule has 0 radical (unpaired) electrons. The van der Waals surface area contributed by atoms with E-state index in [9.17, 15) is 4.89 Å². The molecular formula is C19H35NO3P+. The number of pyridine rings is 1. The zero-order chi connectivity index (χ0) is 17.5. The molecule has 2 N–H and O–H groups in total. The van der Waals surface area contributed by atoms with Crippen LogP contribution in [0.2, 0.25) is 0 Å². The van der Waals surface area contributed by atoms with Crippen LogP contribution in [-0.4, -0.2) is 15.9 Å². The molecule has 1 rings (SSSR count). The average molecular weight is 356 g/mol. The van der Waals surface area contributed by atoms with E-state index in [-0.39, 0.29) is 6.16 Å². The van der Waals surface area contributed by atoms with Crippen LogP contribution < -0.4 is 9.46 Å². The topological polar surface area (TPSA) is 67.4 Å². The van der Waals surface area contributed by atoms with Crippen molar-refractivity contribution in [2.75, 3.05) is 6.16 Å². The molecule has 0 aliphatic carbocycles. The highest BCUT2D eigenvalue weighted by Gasteiger charge is 2.16. The summed E-state index contributed by atoms with van der Waals surface area (Å²) in [6.07, 6.45) is 18.8. The van der Waals surface area contributed by atoms with Gasteiger partial charge in [0.25, 0.3) is 0 Å². The minimum atomic E-state index is -3.77. The van der Waals surface area contributed by atoms with Gasteiger partial charge in [0.2, 0.25) is 7.94 Å². The van der Waals surface area contributed by atoms with Crippen LogP contribution in [0.4, 0.5) is 0 Å². The van der Waals surface area contributed by atoms with Gasteiger partial charge in [0.05, 0.1) is 0 Å². The highest BCUT2D eigenvalue weighted by Crippen LogP contribution is 2.39. The van der Waals surface area contributed by atoms with Crippen molar-refractivity contribution in [2.45, 2.75) is 83.6 Å². The highest BCUT2D eigenvalue weighted by atomic mass is 31.2. The second kappa shape index (κ2) is 13.7. The summed E-state index contributed by atoms with van der Waals surface area (Å²) in [6.45, 7) is 1.13. The van der Waals surface area contributed by atoms with Crippen LogP contribution in [0.5, 0.6) is 0 Å². The Morgan fingerprint density at radius 2 is 1.04 bits per heavy atom. The molecule has 0 saturated carbocycles. The molecule has 138 valence electrons. The summed E-state index contributed by atoms with van der Waals surface area (Å²) in [6, 6.07) is 6.22. The lowest BCUT2D eigenvalue weighted by atomic mass is 10.1. The maximum Gasteiger partial charge on any atom is 0.230 e. The maximum atomic E-state index is 10.7. The normalized spacial score (nSPS) is 11.8. The van der Waals surface area contributed by atoms with Crippen LogP contribution in [0.3, 0.4) is 0 Å². The number of unbranched alkanes of at least 4 members (excludes halogenated alkanes) is 11. The fourth-order valence-electron chi connectivity index (χ4n) is 2.96. The lowest BCUT2D eigenvalue weighted by molar-refractivity contribution is -0.697. The van der Waals surface area contributed by atoms with Crippen molar-refractivity contribution >= 4 is 7.94 Å². The van der Waals surface area contributed by atoms with Crippen molar-refractivity contribution < 1.29 is 19.2 Å². The SMILES string of the molecule is [O-][P+](O)(O)CCCCCCCCCCCCCC[n+]1ccccc1. The number of aromatic nitrogens is 1. The molecule has 0 bridgehead atoms. The third kappa shape index (κ3) is 13.9. The molecular weight excluding hydrogens is 321 g/mol. The molecule has 0 amide bonds. The Morgan fingerprint density at radius 1 is 0.625 bits per heavy atom. The highest BCUT2D eigenvalue weighted by molar-refractivity contribution is 7.57. The van der Waals surface area contributed by atoms with Gasteiger partial charge in [-0.2, -0.15) is 0 Å². The molecule has 1 aromatic rings. The van der Waals surface area contributed by atoms with Crippen LogP contribution >= 0.6 is 7.94 Å². The summed E-state index contributed by atoms with van der Waals surface area (Å²) >= 11 is 0. The predicted octanol–water partition coefficient (Wildman–Crippen LogP) is 3.76. The van der Waals surface area contributed by atoms with Gasteiger partial charge in [0.1, 0.15) is 12.7 Å². The second-order valence-corrected chi connectivity index (χ2v) is 8.52. The monoisotopic (exact) mass is 356 g/mol. The summed E-state index contributed by atoms with van der Waals surface area (Å²) in [5.41, 5.74) is 0. The predicted molar refractivity (Wildman–Crippen MR) is 98.3 cm³/mol. The number of aryl methyl sites for hydroxylation is 1. The lowest BCUT2D eigenvalue weighted by Crippen LogP contribution is -2.32. The van der Waals surface area contributed by atoms with E-state index in [1.807, 2.05) is 0 Å². The fraction of sp³-hybridized carbons (Fsp3) is 0.737. The number of nitrogens with zero attached hydrogens (tertiary/aromatic N) is 1. The smallest absolute Gasteiger partial charge is 0.230 e. The largest absolute Gasteiger partial charge is 0.632 e. The molecule has 0 fully saturated rings. The Labute approximate surface area is 148 Å². The third-order valence-electron chi connectivity index (χ3n) is 4.39. The molecule has 1 aromatic heterocycles. The second-order valence-electron chi connectivity index (χ2n) is 6.74. The van der Waals surface area contributed by atoms with Crippen LogP contribution in [-0.2, 0) is 6.54 Å². The maximum absolute atomic E-state index is 10.7. The van der Waals surface area contributed by atoms with Crippen LogP contribution in [0.15, 0.2) is 30.6 Å². The summed E-state index contributed by atoms with van der Waals surface area (Å²) in [7, 11) is -3.77. The van der Waals surface area contributed by atoms with Crippen molar-refractivity contribution in [3.05, 3.63) is 30.6 Å². The number of hydrogen-bond donors (Lipinski definition) is 2. The van der Waals surface area contributed by atoms with E-state index in [0.717, 1.165) is 19.4 Å². The van der Waals surface area contributed by atoms with Gasteiger partial charge in [-0.15, -0.1) is 0 Å². The molecule has 24 heavy (non-hydrogen) atoms. The fourth-order valence-corrected chi connectivity index (χ4v) is 3.60. The molecule has 0 aliphatic heterocycles. The zero-order valence-corrected chi connectivity index (χ0v) is 15.9. The Kier molecular flexibility index (Phi) is 12.3. The van der Waals surface area contributed by atoms with Crippen molar-refractivity contribution in [2.24, 2.45) is 0 Å². The molecule has 0 aromatic carbocycles. The van der Waals surface area contributed by atoms with E-state index in [1.165, 1.54) is 57.8 Å². The first-order valence-corrected chi connectivity index (χ1v) is 11.4. The first-order chi connectivity index (χ1) is 11.6. The first-order valence-electron chi connectivity index (χ1n) is 9.56. The van der Waals surface area contributed by atoms with E-state index in [4.69, 9.17) is 9.79 Å². The zero-order valence-electron chi connectivity index (χ0n) is 15.0. The van der Waals surface area contributed by atoms with Gasteiger partial charge < -0.3 is 4.89 Å².